The fourth-order valence-corrected chi connectivity index (χ4v) is 3.48. The minimum atomic E-state index is -0.396. The molecule has 0 radical (unpaired) electrons. The van der Waals surface area contributed by atoms with Crippen molar-refractivity contribution in [3.63, 3.8) is 0 Å². The van der Waals surface area contributed by atoms with Gasteiger partial charge in [-0.3, -0.25) is 9.48 Å². The average molecular weight is 441 g/mol. The molecule has 4 aromatic rings. The number of fused-ring (bicyclic) bond motifs is 1. The third kappa shape index (κ3) is 4.05. The Morgan fingerprint density at radius 1 is 1.23 bits per heavy atom. The number of carbonyl (C=O) groups is 1. The predicted molar refractivity (Wildman–Crippen MR) is 119 cm³/mol. The predicted octanol–water partition coefficient (Wildman–Crippen LogP) is 3.34. The smallest absolute Gasteiger partial charge is 0.261 e. The lowest BCUT2D eigenvalue weighted by Gasteiger charge is -2.09. The van der Waals surface area contributed by atoms with Gasteiger partial charge in [0.1, 0.15) is 17.0 Å². The van der Waals surface area contributed by atoms with Crippen LogP contribution < -0.4 is 15.8 Å². The molecule has 9 nitrogen and oxygen atoms in total. The molecule has 3 aromatic heterocycles. The van der Waals surface area contributed by atoms with Gasteiger partial charge < -0.3 is 20.5 Å². The summed E-state index contributed by atoms with van der Waals surface area (Å²) in [5.41, 5.74) is 8.56. The molecule has 0 spiro atoms. The van der Waals surface area contributed by atoms with Crippen molar-refractivity contribution in [3.8, 4) is 17.0 Å². The van der Waals surface area contributed by atoms with Crippen LogP contribution in [0, 0.1) is 0 Å². The first-order valence-corrected chi connectivity index (χ1v) is 9.84. The number of anilines is 2. The van der Waals surface area contributed by atoms with Crippen LogP contribution in [0.2, 0.25) is 5.02 Å². The second kappa shape index (κ2) is 8.66. The van der Waals surface area contributed by atoms with Gasteiger partial charge in [-0.05, 0) is 30.3 Å². The summed E-state index contributed by atoms with van der Waals surface area (Å²) in [6.07, 6.45) is 3.46. The van der Waals surface area contributed by atoms with Crippen LogP contribution in [-0.2, 0) is 11.3 Å². The Morgan fingerprint density at radius 3 is 2.84 bits per heavy atom. The highest BCUT2D eigenvalue weighted by atomic mass is 35.5. The van der Waals surface area contributed by atoms with Crippen molar-refractivity contribution in [3.05, 3.63) is 59.4 Å². The van der Waals surface area contributed by atoms with E-state index in [-0.39, 0.29) is 11.4 Å². The van der Waals surface area contributed by atoms with Gasteiger partial charge in [-0.25, -0.2) is 4.52 Å². The molecule has 0 atom stereocenters. The van der Waals surface area contributed by atoms with Gasteiger partial charge >= 0.3 is 0 Å². The Labute approximate surface area is 183 Å². The van der Waals surface area contributed by atoms with Gasteiger partial charge in [-0.1, -0.05) is 17.7 Å². The first-order chi connectivity index (χ1) is 15.0. The van der Waals surface area contributed by atoms with E-state index in [2.05, 4.69) is 15.5 Å². The number of hydrogen-bond donors (Lipinski definition) is 2. The van der Waals surface area contributed by atoms with Gasteiger partial charge in [0.2, 0.25) is 0 Å². The first kappa shape index (κ1) is 20.7. The number of nitrogens with one attached hydrogen (secondary N) is 1. The van der Waals surface area contributed by atoms with E-state index >= 15 is 0 Å². The maximum Gasteiger partial charge on any atom is 0.261 e. The molecular formula is C21H21ClN6O3. The number of carbonyl (C=O) groups excluding carboxylic acids is 1. The number of hydrogen-bond acceptors (Lipinski definition) is 6. The van der Waals surface area contributed by atoms with Crippen molar-refractivity contribution in [2.75, 3.05) is 31.9 Å². The summed E-state index contributed by atoms with van der Waals surface area (Å²) < 4.78 is 13.9. The van der Waals surface area contributed by atoms with E-state index in [4.69, 9.17) is 26.8 Å². The Bertz CT molecular complexity index is 1250. The number of nitrogens with zero attached hydrogens (tertiary/aromatic N) is 4. The number of aromatic nitrogens is 4. The van der Waals surface area contributed by atoms with Crippen LogP contribution in [0.25, 0.3) is 16.8 Å². The lowest BCUT2D eigenvalue weighted by Crippen LogP contribution is -2.13. The number of ether oxygens (including phenoxy) is 2. The highest BCUT2D eigenvalue weighted by molar-refractivity contribution is 6.31. The summed E-state index contributed by atoms with van der Waals surface area (Å²) in [4.78, 5) is 13.2. The van der Waals surface area contributed by atoms with Crippen LogP contribution in [0.5, 0.6) is 5.75 Å². The monoisotopic (exact) mass is 440 g/mol. The molecule has 0 aliphatic heterocycles. The zero-order chi connectivity index (χ0) is 22.0. The second-order valence-corrected chi connectivity index (χ2v) is 7.17. The van der Waals surface area contributed by atoms with Gasteiger partial charge in [-0.15, -0.1) is 5.10 Å². The molecule has 0 saturated carbocycles. The van der Waals surface area contributed by atoms with Crippen LogP contribution in [-0.4, -0.2) is 46.1 Å². The van der Waals surface area contributed by atoms with Gasteiger partial charge in [0, 0.05) is 30.1 Å². The molecule has 0 bridgehead atoms. The summed E-state index contributed by atoms with van der Waals surface area (Å²) in [6, 6.07) is 10.6. The maximum atomic E-state index is 13.2. The Hall–Kier alpha value is -3.56. The van der Waals surface area contributed by atoms with Gasteiger partial charge in [0.05, 0.1) is 31.5 Å². The molecule has 0 fully saturated rings. The van der Waals surface area contributed by atoms with E-state index < -0.39 is 5.91 Å². The highest BCUT2D eigenvalue weighted by Gasteiger charge is 2.22. The lowest BCUT2D eigenvalue weighted by atomic mass is 10.1. The topological polar surface area (TPSA) is 109 Å². The molecule has 3 N–H and O–H groups in total. The first-order valence-electron chi connectivity index (χ1n) is 9.46. The normalized spacial score (nSPS) is 11.1. The van der Waals surface area contributed by atoms with E-state index in [9.17, 15) is 4.79 Å². The summed E-state index contributed by atoms with van der Waals surface area (Å²) in [5, 5.41) is 12.3. The molecule has 1 aromatic carbocycles. The van der Waals surface area contributed by atoms with Crippen LogP contribution in [0.4, 0.5) is 11.5 Å². The zero-order valence-electron chi connectivity index (χ0n) is 17.0. The minimum Gasteiger partial charge on any atom is -0.496 e. The SMILES string of the molecule is COCCn1cc(NC(=O)c2c(N)nn3ccccc23)c(-c2cc(Cl)ccc2OC)n1. The molecule has 0 aliphatic rings. The number of methoxy groups -OCH3 is 2. The number of rotatable bonds is 7. The van der Waals surface area contributed by atoms with Crippen molar-refractivity contribution in [2.45, 2.75) is 6.54 Å². The fraction of sp³-hybridized carbons (Fsp3) is 0.190. The van der Waals surface area contributed by atoms with E-state index in [1.165, 1.54) is 0 Å². The van der Waals surface area contributed by atoms with Gasteiger partial charge in [0.25, 0.3) is 5.91 Å². The summed E-state index contributed by atoms with van der Waals surface area (Å²) in [7, 11) is 3.17. The highest BCUT2D eigenvalue weighted by Crippen LogP contribution is 2.36. The second-order valence-electron chi connectivity index (χ2n) is 6.74. The van der Waals surface area contributed by atoms with E-state index in [1.54, 1.807) is 60.1 Å². The molecule has 4 rings (SSSR count). The quantitative estimate of drug-likeness (QED) is 0.456. The van der Waals surface area contributed by atoms with Crippen molar-refractivity contribution in [1.29, 1.82) is 0 Å². The van der Waals surface area contributed by atoms with Crippen molar-refractivity contribution in [2.24, 2.45) is 0 Å². The molecule has 31 heavy (non-hydrogen) atoms. The number of pyridine rings is 1. The van der Waals surface area contributed by atoms with Crippen LogP contribution in [0.3, 0.4) is 0 Å². The molecular weight excluding hydrogens is 420 g/mol. The Kier molecular flexibility index (Phi) is 5.79. The standard InChI is InChI=1S/C21H21ClN6O3/c1-30-10-9-27-12-15(19(25-27)14-11-13(22)6-7-17(14)31-2)24-21(29)18-16-5-3-4-8-28(16)26-20(18)23/h3-8,11-12H,9-10H2,1-2H3,(H2,23,26)(H,24,29). The molecule has 160 valence electrons. The third-order valence-electron chi connectivity index (χ3n) is 4.75. The van der Waals surface area contributed by atoms with E-state index in [0.29, 0.717) is 46.4 Å². The molecule has 0 saturated heterocycles. The number of nitrogen functional groups attached to an aromatic ring is 1. The fourth-order valence-electron chi connectivity index (χ4n) is 3.31. The summed E-state index contributed by atoms with van der Waals surface area (Å²) >= 11 is 6.21. The van der Waals surface area contributed by atoms with Crippen LogP contribution in [0.1, 0.15) is 10.4 Å². The Balaban J connectivity index is 1.77. The van der Waals surface area contributed by atoms with Crippen molar-refractivity contribution in [1.82, 2.24) is 19.4 Å². The Morgan fingerprint density at radius 2 is 2.06 bits per heavy atom. The minimum absolute atomic E-state index is 0.136. The third-order valence-corrected chi connectivity index (χ3v) is 4.98. The van der Waals surface area contributed by atoms with E-state index in [0.717, 1.165) is 0 Å². The maximum absolute atomic E-state index is 13.2. The van der Waals surface area contributed by atoms with Crippen molar-refractivity contribution >= 4 is 34.5 Å². The van der Waals surface area contributed by atoms with Crippen molar-refractivity contribution < 1.29 is 14.3 Å². The van der Waals surface area contributed by atoms with Gasteiger partial charge in [0.15, 0.2) is 5.82 Å². The number of amides is 1. The molecule has 10 heteroatoms. The average Bonchev–Trinajstić information content (AvgIpc) is 3.31. The molecule has 0 unspecified atom stereocenters. The number of nitrogens with two attached hydrogens (primary N) is 1. The van der Waals surface area contributed by atoms with Gasteiger partial charge in [-0.2, -0.15) is 5.10 Å². The zero-order valence-corrected chi connectivity index (χ0v) is 17.8. The largest absolute Gasteiger partial charge is 0.496 e. The van der Waals surface area contributed by atoms with Crippen LogP contribution in [0.15, 0.2) is 48.8 Å². The molecule has 3 heterocycles. The molecule has 1 amide bonds. The lowest BCUT2D eigenvalue weighted by molar-refractivity contribution is 0.102. The van der Waals surface area contributed by atoms with E-state index in [1.807, 2.05) is 12.1 Å². The molecule has 0 aliphatic carbocycles. The summed E-state index contributed by atoms with van der Waals surface area (Å²) in [5.74, 6) is 0.317. The number of benzene rings is 1. The van der Waals surface area contributed by atoms with Crippen LogP contribution >= 0.6 is 11.6 Å². The summed E-state index contributed by atoms with van der Waals surface area (Å²) in [6.45, 7) is 0.962. The number of halogens is 1.